The summed E-state index contributed by atoms with van der Waals surface area (Å²) < 4.78 is 0. The fourth-order valence-electron chi connectivity index (χ4n) is 2.12. The highest BCUT2D eigenvalue weighted by atomic mass is 16.4. The second-order valence-corrected chi connectivity index (χ2v) is 6.17. The summed E-state index contributed by atoms with van der Waals surface area (Å²) in [7, 11) is 0. The molecule has 1 saturated heterocycles. The molecule has 0 aromatic carbocycles. The van der Waals surface area contributed by atoms with Gasteiger partial charge in [0.15, 0.2) is 0 Å². The van der Waals surface area contributed by atoms with Gasteiger partial charge in [-0.1, -0.05) is 6.92 Å². The lowest BCUT2D eigenvalue weighted by Crippen LogP contribution is -2.53. The van der Waals surface area contributed by atoms with Gasteiger partial charge in [-0.3, -0.25) is 4.79 Å². The smallest absolute Gasteiger partial charge is 0.326 e. The number of likely N-dealkylation sites (tertiary alicyclic amines) is 1. The minimum atomic E-state index is -0.898. The highest BCUT2D eigenvalue weighted by Gasteiger charge is 2.34. The Morgan fingerprint density at radius 2 is 2.00 bits per heavy atom. The van der Waals surface area contributed by atoms with Crippen LogP contribution < -0.4 is 5.32 Å². The summed E-state index contributed by atoms with van der Waals surface area (Å²) in [4.78, 5) is 24.8. The van der Waals surface area contributed by atoms with Crippen molar-refractivity contribution < 1.29 is 14.7 Å². The lowest BCUT2D eigenvalue weighted by Gasteiger charge is -2.36. The van der Waals surface area contributed by atoms with Crippen LogP contribution in [0.15, 0.2) is 0 Å². The molecule has 1 fully saturated rings. The zero-order valence-electron chi connectivity index (χ0n) is 11.7. The van der Waals surface area contributed by atoms with Gasteiger partial charge >= 0.3 is 5.97 Å². The first-order chi connectivity index (χ1) is 8.20. The number of amides is 1. The van der Waals surface area contributed by atoms with Crippen LogP contribution in [-0.4, -0.2) is 46.6 Å². The zero-order valence-corrected chi connectivity index (χ0v) is 11.7. The topological polar surface area (TPSA) is 69.6 Å². The third-order valence-corrected chi connectivity index (χ3v) is 3.24. The van der Waals surface area contributed by atoms with Crippen molar-refractivity contribution in [3.63, 3.8) is 0 Å². The third-order valence-electron chi connectivity index (χ3n) is 3.24. The first kappa shape index (κ1) is 15.0. The van der Waals surface area contributed by atoms with Gasteiger partial charge in [-0.05, 0) is 39.5 Å². The molecule has 2 unspecified atom stereocenters. The van der Waals surface area contributed by atoms with Gasteiger partial charge in [0.1, 0.15) is 6.04 Å². The van der Waals surface area contributed by atoms with Gasteiger partial charge in [0.25, 0.3) is 0 Å². The number of nitrogens with one attached hydrogen (secondary N) is 1. The Morgan fingerprint density at radius 1 is 1.39 bits per heavy atom. The van der Waals surface area contributed by atoms with Gasteiger partial charge < -0.3 is 15.3 Å². The summed E-state index contributed by atoms with van der Waals surface area (Å²) in [6.07, 6.45) is 1.43. The number of rotatable bonds is 3. The van der Waals surface area contributed by atoms with Crippen LogP contribution in [-0.2, 0) is 9.59 Å². The molecule has 0 saturated carbocycles. The first-order valence-corrected chi connectivity index (χ1v) is 6.48. The molecular weight excluding hydrogens is 232 g/mol. The summed E-state index contributed by atoms with van der Waals surface area (Å²) >= 11 is 0. The number of carbonyl (C=O) groups is 2. The van der Waals surface area contributed by atoms with Crippen molar-refractivity contribution in [2.75, 3.05) is 13.1 Å². The number of hydrogen-bond acceptors (Lipinski definition) is 3. The number of carbonyl (C=O) groups excluding carboxylic acids is 1. The van der Waals surface area contributed by atoms with Gasteiger partial charge in [0.2, 0.25) is 5.91 Å². The van der Waals surface area contributed by atoms with Gasteiger partial charge in [0.05, 0.1) is 6.54 Å². The lowest BCUT2D eigenvalue weighted by molar-refractivity contribution is -0.152. The maximum atomic E-state index is 12.1. The van der Waals surface area contributed by atoms with E-state index < -0.39 is 12.0 Å². The molecule has 0 spiro atoms. The SMILES string of the molecule is CC1CCN(C(=O)CNC(C)(C)C)C(C(=O)O)C1. The van der Waals surface area contributed by atoms with E-state index in [0.29, 0.717) is 18.9 Å². The molecule has 1 aliphatic rings. The van der Waals surface area contributed by atoms with E-state index >= 15 is 0 Å². The van der Waals surface area contributed by atoms with Crippen LogP contribution in [0.2, 0.25) is 0 Å². The predicted octanol–water partition coefficient (Wildman–Crippen LogP) is 1.09. The largest absolute Gasteiger partial charge is 0.480 e. The number of piperidine rings is 1. The fraction of sp³-hybridized carbons (Fsp3) is 0.846. The number of carboxylic acid groups (broad SMARTS) is 1. The zero-order chi connectivity index (χ0) is 13.9. The Kier molecular flexibility index (Phi) is 4.73. The van der Waals surface area contributed by atoms with Crippen LogP contribution in [0.3, 0.4) is 0 Å². The quantitative estimate of drug-likeness (QED) is 0.793. The van der Waals surface area contributed by atoms with E-state index in [9.17, 15) is 14.7 Å². The Bertz CT molecular complexity index is 323. The van der Waals surface area contributed by atoms with E-state index in [2.05, 4.69) is 5.32 Å². The maximum absolute atomic E-state index is 12.1. The van der Waals surface area contributed by atoms with Crippen molar-refractivity contribution in [3.8, 4) is 0 Å². The van der Waals surface area contributed by atoms with Crippen molar-refractivity contribution in [2.45, 2.75) is 52.1 Å². The van der Waals surface area contributed by atoms with Crippen LogP contribution in [0.4, 0.5) is 0 Å². The van der Waals surface area contributed by atoms with Gasteiger partial charge in [0, 0.05) is 12.1 Å². The van der Waals surface area contributed by atoms with Crippen LogP contribution in [0.5, 0.6) is 0 Å². The average Bonchev–Trinajstić information content (AvgIpc) is 2.24. The van der Waals surface area contributed by atoms with Gasteiger partial charge in [-0.25, -0.2) is 4.79 Å². The molecule has 0 aromatic heterocycles. The summed E-state index contributed by atoms with van der Waals surface area (Å²) in [5.74, 6) is -0.652. The van der Waals surface area contributed by atoms with Gasteiger partial charge in [-0.2, -0.15) is 0 Å². The first-order valence-electron chi connectivity index (χ1n) is 6.48. The molecule has 1 aliphatic heterocycles. The van der Waals surface area contributed by atoms with E-state index in [1.165, 1.54) is 4.90 Å². The summed E-state index contributed by atoms with van der Waals surface area (Å²) in [6, 6.07) is -0.664. The highest BCUT2D eigenvalue weighted by Crippen LogP contribution is 2.22. The van der Waals surface area contributed by atoms with Crippen LogP contribution in [0.25, 0.3) is 0 Å². The molecule has 2 atom stereocenters. The molecule has 2 N–H and O–H groups in total. The Balaban J connectivity index is 2.62. The maximum Gasteiger partial charge on any atom is 0.326 e. The van der Waals surface area contributed by atoms with Crippen LogP contribution >= 0.6 is 0 Å². The number of aliphatic carboxylic acids is 1. The molecule has 1 heterocycles. The lowest BCUT2D eigenvalue weighted by atomic mass is 9.92. The van der Waals surface area contributed by atoms with Crippen molar-refractivity contribution >= 4 is 11.9 Å². The Labute approximate surface area is 109 Å². The Morgan fingerprint density at radius 3 is 2.50 bits per heavy atom. The summed E-state index contributed by atoms with van der Waals surface area (Å²) in [5.41, 5.74) is -0.141. The van der Waals surface area contributed by atoms with E-state index in [4.69, 9.17) is 0 Å². The molecule has 1 rings (SSSR count). The van der Waals surface area contributed by atoms with Crippen LogP contribution in [0.1, 0.15) is 40.5 Å². The molecule has 0 radical (unpaired) electrons. The van der Waals surface area contributed by atoms with Crippen molar-refractivity contribution in [2.24, 2.45) is 5.92 Å². The molecular formula is C13H24N2O3. The number of nitrogens with zero attached hydrogens (tertiary/aromatic N) is 1. The van der Waals surface area contributed by atoms with E-state index in [0.717, 1.165) is 6.42 Å². The minimum Gasteiger partial charge on any atom is -0.480 e. The molecule has 104 valence electrons. The third kappa shape index (κ3) is 4.29. The number of carboxylic acids is 1. The second-order valence-electron chi connectivity index (χ2n) is 6.17. The highest BCUT2D eigenvalue weighted by molar-refractivity contribution is 5.85. The predicted molar refractivity (Wildman–Crippen MR) is 69.3 cm³/mol. The Hall–Kier alpha value is -1.10. The number of hydrogen-bond donors (Lipinski definition) is 2. The molecule has 0 bridgehead atoms. The molecule has 18 heavy (non-hydrogen) atoms. The monoisotopic (exact) mass is 256 g/mol. The second kappa shape index (κ2) is 5.69. The molecule has 0 aromatic rings. The van der Waals surface area contributed by atoms with Crippen molar-refractivity contribution in [1.29, 1.82) is 0 Å². The molecule has 5 heteroatoms. The average molecular weight is 256 g/mol. The van der Waals surface area contributed by atoms with E-state index in [1.54, 1.807) is 0 Å². The van der Waals surface area contributed by atoms with Crippen LogP contribution in [0, 0.1) is 5.92 Å². The standard InChI is InChI=1S/C13H24N2O3/c1-9-5-6-15(10(7-9)12(17)18)11(16)8-14-13(2,3)4/h9-10,14H,5-8H2,1-4H3,(H,17,18). The summed E-state index contributed by atoms with van der Waals surface area (Å²) in [6.45, 7) is 8.71. The summed E-state index contributed by atoms with van der Waals surface area (Å²) in [5, 5.41) is 12.3. The van der Waals surface area contributed by atoms with Crippen molar-refractivity contribution in [1.82, 2.24) is 10.2 Å². The molecule has 0 aliphatic carbocycles. The van der Waals surface area contributed by atoms with E-state index in [1.807, 2.05) is 27.7 Å². The van der Waals surface area contributed by atoms with E-state index in [-0.39, 0.29) is 18.0 Å². The molecule has 5 nitrogen and oxygen atoms in total. The van der Waals surface area contributed by atoms with Crippen molar-refractivity contribution in [3.05, 3.63) is 0 Å². The minimum absolute atomic E-state index is 0.121. The fourth-order valence-corrected chi connectivity index (χ4v) is 2.12. The molecule has 1 amide bonds. The normalized spacial score (nSPS) is 25.0. The van der Waals surface area contributed by atoms with Gasteiger partial charge in [-0.15, -0.1) is 0 Å².